The van der Waals surface area contributed by atoms with E-state index in [1.807, 2.05) is 24.3 Å². The Labute approximate surface area is 116 Å². The summed E-state index contributed by atoms with van der Waals surface area (Å²) >= 11 is 5.82. The van der Waals surface area contributed by atoms with Gasteiger partial charge in [-0.25, -0.2) is 0 Å². The van der Waals surface area contributed by atoms with Crippen LogP contribution in [0.1, 0.15) is 46.5 Å². The van der Waals surface area contributed by atoms with Crippen LogP contribution in [0.25, 0.3) is 0 Å². The number of ether oxygens (including phenoxy) is 1. The van der Waals surface area contributed by atoms with Gasteiger partial charge in [-0.05, 0) is 42.5 Å². The van der Waals surface area contributed by atoms with Gasteiger partial charge in [0, 0.05) is 5.02 Å². The van der Waals surface area contributed by atoms with Gasteiger partial charge in [0.1, 0.15) is 5.75 Å². The lowest BCUT2D eigenvalue weighted by molar-refractivity contribution is 0.276. The Hall–Kier alpha value is -0.690. The highest BCUT2D eigenvalue weighted by molar-refractivity contribution is 6.30. The average Bonchev–Trinajstić information content (AvgIpc) is 2.31. The fourth-order valence-corrected chi connectivity index (χ4v) is 2.05. The monoisotopic (exact) mass is 268 g/mol. The first kappa shape index (κ1) is 15.4. The second-order valence-electron chi connectivity index (χ2n) is 5.52. The predicted octanol–water partition coefficient (Wildman–Crippen LogP) is 5.57. The SMILES string of the molecule is CC(C)CCCC(C)CCOc1ccc(Cl)cc1. The first-order valence-electron chi connectivity index (χ1n) is 6.96. The van der Waals surface area contributed by atoms with Crippen LogP contribution in [0.3, 0.4) is 0 Å². The molecule has 0 amide bonds. The molecule has 18 heavy (non-hydrogen) atoms. The third kappa shape index (κ3) is 6.90. The van der Waals surface area contributed by atoms with Gasteiger partial charge in [0.05, 0.1) is 6.61 Å². The van der Waals surface area contributed by atoms with Crippen LogP contribution in [0.15, 0.2) is 24.3 Å². The van der Waals surface area contributed by atoms with Crippen molar-refractivity contribution in [3.63, 3.8) is 0 Å². The predicted molar refractivity (Wildman–Crippen MR) is 79.4 cm³/mol. The topological polar surface area (TPSA) is 9.23 Å². The van der Waals surface area contributed by atoms with E-state index in [0.717, 1.165) is 35.6 Å². The molecule has 0 bridgehead atoms. The molecule has 0 aromatic heterocycles. The number of hydrogen-bond donors (Lipinski definition) is 0. The third-order valence-corrected chi connectivity index (χ3v) is 3.42. The van der Waals surface area contributed by atoms with Crippen molar-refractivity contribution < 1.29 is 4.74 Å². The molecular formula is C16H25ClO. The first-order valence-corrected chi connectivity index (χ1v) is 7.34. The molecule has 0 N–H and O–H groups in total. The van der Waals surface area contributed by atoms with Crippen LogP contribution in [0, 0.1) is 11.8 Å². The van der Waals surface area contributed by atoms with E-state index >= 15 is 0 Å². The maximum absolute atomic E-state index is 5.82. The van der Waals surface area contributed by atoms with Crippen LogP contribution in [0.2, 0.25) is 5.02 Å². The molecule has 0 radical (unpaired) electrons. The minimum Gasteiger partial charge on any atom is -0.494 e. The first-order chi connectivity index (χ1) is 8.58. The molecule has 0 fully saturated rings. The summed E-state index contributed by atoms with van der Waals surface area (Å²) in [5.74, 6) is 2.48. The van der Waals surface area contributed by atoms with Crippen LogP contribution in [-0.2, 0) is 0 Å². The van der Waals surface area contributed by atoms with E-state index in [1.165, 1.54) is 19.3 Å². The highest BCUT2D eigenvalue weighted by Crippen LogP contribution is 2.18. The molecule has 2 heteroatoms. The molecule has 102 valence electrons. The minimum atomic E-state index is 0.746. The van der Waals surface area contributed by atoms with E-state index in [0.29, 0.717) is 0 Å². The Kier molecular flexibility index (Phi) is 7.19. The van der Waals surface area contributed by atoms with Crippen molar-refractivity contribution in [1.29, 1.82) is 0 Å². The summed E-state index contributed by atoms with van der Waals surface area (Å²) < 4.78 is 5.70. The molecule has 1 unspecified atom stereocenters. The van der Waals surface area contributed by atoms with Crippen molar-refractivity contribution in [2.24, 2.45) is 11.8 Å². The molecule has 0 aliphatic heterocycles. The van der Waals surface area contributed by atoms with E-state index < -0.39 is 0 Å². The summed E-state index contributed by atoms with van der Waals surface area (Å²) in [6.45, 7) is 7.68. The number of rotatable bonds is 8. The van der Waals surface area contributed by atoms with Gasteiger partial charge < -0.3 is 4.74 Å². The normalized spacial score (nSPS) is 12.7. The van der Waals surface area contributed by atoms with E-state index in [-0.39, 0.29) is 0 Å². The quantitative estimate of drug-likeness (QED) is 0.599. The van der Waals surface area contributed by atoms with Crippen LogP contribution < -0.4 is 4.74 Å². The fraction of sp³-hybridized carbons (Fsp3) is 0.625. The largest absolute Gasteiger partial charge is 0.494 e. The number of halogens is 1. The van der Waals surface area contributed by atoms with Crippen molar-refractivity contribution in [1.82, 2.24) is 0 Å². The molecule has 0 saturated carbocycles. The Bertz CT molecular complexity index is 318. The number of hydrogen-bond acceptors (Lipinski definition) is 1. The Morgan fingerprint density at radius 2 is 1.67 bits per heavy atom. The summed E-state index contributed by atoms with van der Waals surface area (Å²) in [5, 5.41) is 0.754. The highest BCUT2D eigenvalue weighted by Gasteiger charge is 2.04. The summed E-state index contributed by atoms with van der Waals surface area (Å²) in [7, 11) is 0. The maximum atomic E-state index is 5.82. The standard InChI is InChI=1S/C16H25ClO/c1-13(2)5-4-6-14(3)11-12-18-16-9-7-15(17)8-10-16/h7-10,13-14H,4-6,11-12H2,1-3H3. The van der Waals surface area contributed by atoms with Gasteiger partial charge in [-0.15, -0.1) is 0 Å². The average molecular weight is 269 g/mol. The lowest BCUT2D eigenvalue weighted by Crippen LogP contribution is -2.04. The van der Waals surface area contributed by atoms with Crippen LogP contribution >= 0.6 is 11.6 Å². The number of benzene rings is 1. The molecule has 0 spiro atoms. The molecule has 1 atom stereocenters. The summed E-state index contributed by atoms with van der Waals surface area (Å²) in [5.41, 5.74) is 0. The molecule has 1 rings (SSSR count). The molecule has 1 nitrogen and oxygen atoms in total. The van der Waals surface area contributed by atoms with E-state index in [1.54, 1.807) is 0 Å². The van der Waals surface area contributed by atoms with Gasteiger partial charge in [0.2, 0.25) is 0 Å². The highest BCUT2D eigenvalue weighted by atomic mass is 35.5. The van der Waals surface area contributed by atoms with E-state index in [9.17, 15) is 0 Å². The Balaban J connectivity index is 2.11. The van der Waals surface area contributed by atoms with Crippen LogP contribution in [0.5, 0.6) is 5.75 Å². The molecule has 0 aliphatic rings. The van der Waals surface area contributed by atoms with E-state index in [2.05, 4.69) is 20.8 Å². The van der Waals surface area contributed by atoms with Crippen LogP contribution in [-0.4, -0.2) is 6.61 Å². The van der Waals surface area contributed by atoms with Crippen molar-refractivity contribution in [3.8, 4) is 5.75 Å². The maximum Gasteiger partial charge on any atom is 0.119 e. The van der Waals surface area contributed by atoms with Crippen molar-refractivity contribution >= 4 is 11.6 Å². The molecule has 1 aromatic rings. The Morgan fingerprint density at radius 1 is 1.00 bits per heavy atom. The van der Waals surface area contributed by atoms with E-state index in [4.69, 9.17) is 16.3 Å². The summed E-state index contributed by atoms with van der Waals surface area (Å²) in [6.07, 6.45) is 5.10. The van der Waals surface area contributed by atoms with Gasteiger partial charge in [-0.2, -0.15) is 0 Å². The lowest BCUT2D eigenvalue weighted by Gasteiger charge is -2.13. The summed E-state index contributed by atoms with van der Waals surface area (Å²) in [4.78, 5) is 0. The molecule has 0 aliphatic carbocycles. The Morgan fingerprint density at radius 3 is 2.28 bits per heavy atom. The summed E-state index contributed by atoms with van der Waals surface area (Å²) in [6, 6.07) is 7.57. The fourth-order valence-electron chi connectivity index (χ4n) is 1.93. The molecule has 0 heterocycles. The smallest absolute Gasteiger partial charge is 0.119 e. The molecular weight excluding hydrogens is 244 g/mol. The zero-order chi connectivity index (χ0) is 13.4. The minimum absolute atomic E-state index is 0.746. The third-order valence-electron chi connectivity index (χ3n) is 3.17. The van der Waals surface area contributed by atoms with Gasteiger partial charge in [-0.3, -0.25) is 0 Å². The van der Waals surface area contributed by atoms with Crippen molar-refractivity contribution in [2.75, 3.05) is 6.61 Å². The lowest BCUT2D eigenvalue weighted by atomic mass is 9.98. The van der Waals surface area contributed by atoms with Gasteiger partial charge in [-0.1, -0.05) is 51.6 Å². The zero-order valence-electron chi connectivity index (χ0n) is 11.8. The van der Waals surface area contributed by atoms with Gasteiger partial charge in [0.25, 0.3) is 0 Å². The van der Waals surface area contributed by atoms with Crippen molar-refractivity contribution in [2.45, 2.75) is 46.5 Å². The van der Waals surface area contributed by atoms with Crippen molar-refractivity contribution in [3.05, 3.63) is 29.3 Å². The second kappa shape index (κ2) is 8.42. The zero-order valence-corrected chi connectivity index (χ0v) is 12.5. The van der Waals surface area contributed by atoms with Gasteiger partial charge >= 0.3 is 0 Å². The molecule has 0 saturated heterocycles. The van der Waals surface area contributed by atoms with Gasteiger partial charge in [0.15, 0.2) is 0 Å². The molecule has 1 aromatic carbocycles. The van der Waals surface area contributed by atoms with Crippen LogP contribution in [0.4, 0.5) is 0 Å². The second-order valence-corrected chi connectivity index (χ2v) is 5.96.